The molecular formula is C16H17N5O4. The lowest BCUT2D eigenvalue weighted by molar-refractivity contribution is -0.142. The van der Waals surface area contributed by atoms with Crippen molar-refractivity contribution in [3.63, 3.8) is 0 Å². The van der Waals surface area contributed by atoms with Crippen LogP contribution >= 0.6 is 0 Å². The van der Waals surface area contributed by atoms with Gasteiger partial charge in [0.25, 0.3) is 5.91 Å². The molecule has 1 amide bonds. The second kappa shape index (κ2) is 8.39. The predicted molar refractivity (Wildman–Crippen MR) is 88.0 cm³/mol. The van der Waals surface area contributed by atoms with Crippen molar-refractivity contribution in [1.29, 1.82) is 0 Å². The molecule has 0 saturated carbocycles. The zero-order chi connectivity index (χ0) is 18.2. The van der Waals surface area contributed by atoms with Gasteiger partial charge < -0.3 is 21.0 Å². The topological polar surface area (TPSA) is 140 Å². The minimum atomic E-state index is -0.929. The van der Waals surface area contributed by atoms with Gasteiger partial charge >= 0.3 is 5.97 Å². The van der Waals surface area contributed by atoms with Crippen molar-refractivity contribution in [1.82, 2.24) is 15.3 Å². The van der Waals surface area contributed by atoms with Crippen LogP contribution in [-0.2, 0) is 16.0 Å². The molecule has 130 valence electrons. The molecule has 0 spiro atoms. The number of esters is 1. The van der Waals surface area contributed by atoms with Crippen molar-refractivity contribution in [2.45, 2.75) is 12.5 Å². The Kier molecular flexibility index (Phi) is 5.99. The number of rotatable bonds is 6. The molecule has 0 radical (unpaired) electrons. The van der Waals surface area contributed by atoms with Crippen LogP contribution in [0.4, 0.5) is 0 Å². The van der Waals surface area contributed by atoms with Crippen LogP contribution in [0.25, 0.3) is 0 Å². The first-order chi connectivity index (χ1) is 12.1. The van der Waals surface area contributed by atoms with E-state index in [1.165, 1.54) is 19.5 Å². The Morgan fingerprint density at radius 1 is 1.24 bits per heavy atom. The highest BCUT2D eigenvalue weighted by Crippen LogP contribution is 2.07. The van der Waals surface area contributed by atoms with E-state index in [1.54, 1.807) is 0 Å². The summed E-state index contributed by atoms with van der Waals surface area (Å²) < 4.78 is 4.74. The van der Waals surface area contributed by atoms with Gasteiger partial charge in [-0.25, -0.2) is 14.8 Å². The Hall–Kier alpha value is -3.49. The number of carbonyl (C=O) groups is 2. The first-order valence-electron chi connectivity index (χ1n) is 7.28. The summed E-state index contributed by atoms with van der Waals surface area (Å²) in [5.74, 6) is -1.66. The molecule has 1 atom stereocenters. The molecule has 1 aromatic heterocycles. The second-order valence-corrected chi connectivity index (χ2v) is 4.98. The van der Waals surface area contributed by atoms with Gasteiger partial charge in [-0.15, -0.1) is 0 Å². The number of hydrogen-bond donors (Lipinski definition) is 3. The first kappa shape index (κ1) is 17.9. The van der Waals surface area contributed by atoms with Crippen molar-refractivity contribution in [3.8, 4) is 0 Å². The molecule has 25 heavy (non-hydrogen) atoms. The molecule has 9 heteroatoms. The molecule has 9 nitrogen and oxygen atoms in total. The number of nitrogens with zero attached hydrogens (tertiary/aromatic N) is 3. The average Bonchev–Trinajstić information content (AvgIpc) is 2.66. The number of nitrogens with two attached hydrogens (primary N) is 1. The Morgan fingerprint density at radius 2 is 1.88 bits per heavy atom. The Balaban J connectivity index is 2.24. The SMILES string of the molecule is COC(=O)[C@H](Cc1ccccc1)NC(=O)c1nccnc1/C(N)=N/O. The Bertz CT molecular complexity index is 779. The predicted octanol–water partition coefficient (Wildman–Crippen LogP) is 0.0852. The third-order valence-corrected chi connectivity index (χ3v) is 3.34. The van der Waals surface area contributed by atoms with Crippen LogP contribution in [0.15, 0.2) is 47.9 Å². The summed E-state index contributed by atoms with van der Waals surface area (Å²) in [7, 11) is 1.23. The molecular weight excluding hydrogens is 326 g/mol. The smallest absolute Gasteiger partial charge is 0.328 e. The normalized spacial score (nSPS) is 12.3. The Morgan fingerprint density at radius 3 is 2.48 bits per heavy atom. The highest BCUT2D eigenvalue weighted by atomic mass is 16.5. The van der Waals surface area contributed by atoms with Gasteiger partial charge in [0.1, 0.15) is 11.7 Å². The molecule has 0 unspecified atom stereocenters. The quantitative estimate of drug-likeness (QED) is 0.222. The zero-order valence-electron chi connectivity index (χ0n) is 13.4. The number of oxime groups is 1. The first-order valence-corrected chi connectivity index (χ1v) is 7.28. The number of ether oxygens (including phenoxy) is 1. The van der Waals surface area contributed by atoms with Crippen molar-refractivity contribution >= 4 is 17.7 Å². The molecule has 0 aliphatic rings. The lowest BCUT2D eigenvalue weighted by Gasteiger charge is -2.17. The Labute approximate surface area is 143 Å². The van der Waals surface area contributed by atoms with Crippen LogP contribution in [-0.4, -0.2) is 46.0 Å². The summed E-state index contributed by atoms with van der Waals surface area (Å²) in [5.41, 5.74) is 6.08. The van der Waals surface area contributed by atoms with E-state index in [4.69, 9.17) is 15.7 Å². The molecule has 2 aromatic rings. The number of amides is 1. The van der Waals surface area contributed by atoms with E-state index in [2.05, 4.69) is 20.4 Å². The van der Waals surface area contributed by atoms with Crippen LogP contribution in [0.3, 0.4) is 0 Å². The fraction of sp³-hybridized carbons (Fsp3) is 0.188. The van der Waals surface area contributed by atoms with E-state index < -0.39 is 17.9 Å². The summed E-state index contributed by atoms with van der Waals surface area (Å²) in [6, 6.07) is 8.22. The minimum absolute atomic E-state index is 0.0918. The molecule has 0 fully saturated rings. The monoisotopic (exact) mass is 343 g/mol. The number of aromatic nitrogens is 2. The third kappa shape index (κ3) is 4.50. The van der Waals surface area contributed by atoms with Crippen LogP contribution in [0.5, 0.6) is 0 Å². The maximum Gasteiger partial charge on any atom is 0.328 e. The van der Waals surface area contributed by atoms with Crippen LogP contribution in [0.2, 0.25) is 0 Å². The lowest BCUT2D eigenvalue weighted by Crippen LogP contribution is -2.44. The summed E-state index contributed by atoms with van der Waals surface area (Å²) in [4.78, 5) is 32.3. The maximum atomic E-state index is 12.5. The lowest BCUT2D eigenvalue weighted by atomic mass is 10.1. The summed E-state index contributed by atoms with van der Waals surface area (Å²) >= 11 is 0. The summed E-state index contributed by atoms with van der Waals surface area (Å²) in [5, 5.41) is 14.2. The van der Waals surface area contributed by atoms with Gasteiger partial charge in [-0.2, -0.15) is 0 Å². The molecule has 0 saturated heterocycles. The number of methoxy groups -OCH3 is 1. The molecule has 2 rings (SSSR count). The van der Waals surface area contributed by atoms with E-state index in [-0.39, 0.29) is 23.6 Å². The van der Waals surface area contributed by atoms with Gasteiger partial charge in [0.15, 0.2) is 11.5 Å². The van der Waals surface area contributed by atoms with E-state index in [1.807, 2.05) is 30.3 Å². The number of carbonyl (C=O) groups excluding carboxylic acids is 2. The van der Waals surface area contributed by atoms with Crippen LogP contribution in [0, 0.1) is 0 Å². The van der Waals surface area contributed by atoms with Gasteiger partial charge in [0.05, 0.1) is 7.11 Å². The van der Waals surface area contributed by atoms with Gasteiger partial charge in [-0.1, -0.05) is 35.5 Å². The number of hydrogen-bond acceptors (Lipinski definition) is 7. The van der Waals surface area contributed by atoms with E-state index in [0.717, 1.165) is 5.56 Å². The summed E-state index contributed by atoms with van der Waals surface area (Å²) in [6.07, 6.45) is 2.82. The van der Waals surface area contributed by atoms with Gasteiger partial charge in [0, 0.05) is 18.8 Å². The molecule has 1 aromatic carbocycles. The molecule has 4 N–H and O–H groups in total. The fourth-order valence-corrected chi connectivity index (χ4v) is 2.15. The van der Waals surface area contributed by atoms with Gasteiger partial charge in [-0.05, 0) is 5.56 Å². The highest BCUT2D eigenvalue weighted by Gasteiger charge is 2.25. The highest BCUT2D eigenvalue weighted by molar-refractivity contribution is 6.06. The number of nitrogens with one attached hydrogen (secondary N) is 1. The maximum absolute atomic E-state index is 12.5. The standard InChI is InChI=1S/C16H17N5O4/c1-25-16(23)11(9-10-5-3-2-4-6-10)20-15(22)13-12(14(17)21-24)18-7-8-19-13/h2-8,11,24H,9H2,1H3,(H2,17,21)(H,20,22)/t11-/m0/s1. The van der Waals surface area contributed by atoms with E-state index in [9.17, 15) is 9.59 Å². The average molecular weight is 343 g/mol. The minimum Gasteiger partial charge on any atom is -0.467 e. The van der Waals surface area contributed by atoms with Crippen molar-refractivity contribution in [2.24, 2.45) is 10.9 Å². The van der Waals surface area contributed by atoms with Crippen molar-refractivity contribution < 1.29 is 19.5 Å². The van der Waals surface area contributed by atoms with Gasteiger partial charge in [0.2, 0.25) is 0 Å². The van der Waals surface area contributed by atoms with Crippen LogP contribution in [0.1, 0.15) is 21.7 Å². The zero-order valence-corrected chi connectivity index (χ0v) is 13.4. The largest absolute Gasteiger partial charge is 0.467 e. The van der Waals surface area contributed by atoms with Crippen molar-refractivity contribution in [2.75, 3.05) is 7.11 Å². The molecule has 0 aliphatic heterocycles. The third-order valence-electron chi connectivity index (χ3n) is 3.34. The summed E-state index contributed by atoms with van der Waals surface area (Å²) in [6.45, 7) is 0. The molecule has 0 aliphatic carbocycles. The van der Waals surface area contributed by atoms with Crippen LogP contribution < -0.4 is 11.1 Å². The fourth-order valence-electron chi connectivity index (χ4n) is 2.15. The number of amidine groups is 1. The van der Waals surface area contributed by atoms with Crippen molar-refractivity contribution in [3.05, 3.63) is 59.7 Å². The molecule has 0 bridgehead atoms. The molecule has 1 heterocycles. The number of benzene rings is 1. The van der Waals surface area contributed by atoms with E-state index >= 15 is 0 Å². The van der Waals surface area contributed by atoms with E-state index in [0.29, 0.717) is 0 Å². The van der Waals surface area contributed by atoms with Gasteiger partial charge in [-0.3, -0.25) is 4.79 Å². The second-order valence-electron chi connectivity index (χ2n) is 4.98.